The number of hydrogen-bond donors (Lipinski definition) is 3. The number of nitrogen functional groups attached to an aromatic ring is 1. The quantitative estimate of drug-likeness (QED) is 0.693. The monoisotopic (exact) mass is 276 g/mol. The van der Waals surface area contributed by atoms with Gasteiger partial charge in [0.05, 0.1) is 6.54 Å². The number of nitrogens with one attached hydrogen (secondary N) is 1. The van der Waals surface area contributed by atoms with Crippen LogP contribution in [0.15, 0.2) is 24.3 Å². The van der Waals surface area contributed by atoms with Crippen LogP contribution >= 0.6 is 0 Å². The molecule has 0 unspecified atom stereocenters. The van der Waals surface area contributed by atoms with Crippen LogP contribution in [0, 0.1) is 5.92 Å². The predicted molar refractivity (Wildman–Crippen MR) is 77.8 cm³/mol. The molecule has 1 aliphatic heterocycles. The molecule has 2 amide bonds. The van der Waals surface area contributed by atoms with Gasteiger partial charge in [0.25, 0.3) is 0 Å². The highest BCUT2D eigenvalue weighted by Gasteiger charge is 2.24. The molecule has 1 aromatic carbocycles. The van der Waals surface area contributed by atoms with Gasteiger partial charge in [0.15, 0.2) is 0 Å². The van der Waals surface area contributed by atoms with Crippen molar-refractivity contribution in [3.8, 4) is 0 Å². The average Bonchev–Trinajstić information content (AvgIpc) is 2.39. The number of piperidine rings is 1. The van der Waals surface area contributed by atoms with E-state index in [1.165, 1.54) is 0 Å². The first kappa shape index (κ1) is 14.3. The van der Waals surface area contributed by atoms with E-state index in [0.717, 1.165) is 25.9 Å². The first-order valence-electron chi connectivity index (χ1n) is 6.71. The van der Waals surface area contributed by atoms with E-state index in [4.69, 9.17) is 11.5 Å². The zero-order valence-electron chi connectivity index (χ0n) is 11.3. The van der Waals surface area contributed by atoms with Crippen LogP contribution < -0.4 is 16.8 Å². The summed E-state index contributed by atoms with van der Waals surface area (Å²) in [7, 11) is 0. The van der Waals surface area contributed by atoms with E-state index in [1.54, 1.807) is 24.3 Å². The maximum Gasteiger partial charge on any atom is 0.238 e. The van der Waals surface area contributed by atoms with Crippen LogP contribution in [0.4, 0.5) is 11.4 Å². The van der Waals surface area contributed by atoms with Crippen LogP contribution in [0.25, 0.3) is 0 Å². The third kappa shape index (κ3) is 3.96. The molecule has 6 heteroatoms. The van der Waals surface area contributed by atoms with E-state index in [9.17, 15) is 9.59 Å². The molecular weight excluding hydrogens is 256 g/mol. The van der Waals surface area contributed by atoms with Crippen molar-refractivity contribution in [3.05, 3.63) is 24.3 Å². The Hall–Kier alpha value is -2.08. The van der Waals surface area contributed by atoms with Crippen molar-refractivity contribution in [2.45, 2.75) is 12.8 Å². The zero-order valence-corrected chi connectivity index (χ0v) is 11.3. The van der Waals surface area contributed by atoms with Crippen molar-refractivity contribution in [1.82, 2.24) is 4.90 Å². The van der Waals surface area contributed by atoms with Crippen molar-refractivity contribution < 1.29 is 9.59 Å². The minimum atomic E-state index is -0.242. The summed E-state index contributed by atoms with van der Waals surface area (Å²) < 4.78 is 0. The lowest BCUT2D eigenvalue weighted by Crippen LogP contribution is -2.42. The molecule has 1 fully saturated rings. The highest BCUT2D eigenvalue weighted by atomic mass is 16.2. The van der Waals surface area contributed by atoms with E-state index in [-0.39, 0.29) is 17.7 Å². The van der Waals surface area contributed by atoms with Gasteiger partial charge in [0, 0.05) is 17.3 Å². The number of rotatable bonds is 4. The molecule has 0 atom stereocenters. The van der Waals surface area contributed by atoms with Crippen LogP contribution in [0.5, 0.6) is 0 Å². The molecule has 6 nitrogen and oxygen atoms in total. The van der Waals surface area contributed by atoms with Crippen molar-refractivity contribution in [3.63, 3.8) is 0 Å². The van der Waals surface area contributed by atoms with Gasteiger partial charge in [-0.05, 0) is 44.1 Å². The van der Waals surface area contributed by atoms with Crippen LogP contribution in [0.1, 0.15) is 12.8 Å². The summed E-state index contributed by atoms with van der Waals surface area (Å²) in [6, 6.07) is 7.08. The van der Waals surface area contributed by atoms with Gasteiger partial charge in [-0.25, -0.2) is 0 Å². The Labute approximate surface area is 118 Å². The zero-order chi connectivity index (χ0) is 14.5. The van der Waals surface area contributed by atoms with Crippen molar-refractivity contribution >= 4 is 23.2 Å². The number of amides is 2. The second kappa shape index (κ2) is 6.38. The molecule has 0 saturated carbocycles. The van der Waals surface area contributed by atoms with E-state index >= 15 is 0 Å². The fourth-order valence-electron chi connectivity index (χ4n) is 2.40. The van der Waals surface area contributed by atoms with Gasteiger partial charge < -0.3 is 16.8 Å². The Morgan fingerprint density at radius 3 is 2.60 bits per heavy atom. The first-order valence-corrected chi connectivity index (χ1v) is 6.71. The number of hydrogen-bond acceptors (Lipinski definition) is 4. The fourth-order valence-corrected chi connectivity index (χ4v) is 2.40. The Bertz CT molecular complexity index is 496. The molecule has 1 saturated heterocycles. The van der Waals surface area contributed by atoms with Gasteiger partial charge in [-0.3, -0.25) is 14.5 Å². The summed E-state index contributed by atoms with van der Waals surface area (Å²) in [5.74, 6) is -0.370. The molecule has 2 rings (SSSR count). The molecule has 1 aromatic rings. The van der Waals surface area contributed by atoms with Crippen molar-refractivity contribution in [2.24, 2.45) is 11.7 Å². The third-order valence-corrected chi connectivity index (χ3v) is 3.53. The highest BCUT2D eigenvalue weighted by Crippen LogP contribution is 2.17. The van der Waals surface area contributed by atoms with Crippen molar-refractivity contribution in [1.29, 1.82) is 0 Å². The number of benzene rings is 1. The second-order valence-electron chi connectivity index (χ2n) is 5.13. The van der Waals surface area contributed by atoms with Crippen LogP contribution in [-0.2, 0) is 9.59 Å². The van der Waals surface area contributed by atoms with E-state index < -0.39 is 0 Å². The van der Waals surface area contributed by atoms with E-state index in [0.29, 0.717) is 17.9 Å². The molecule has 108 valence electrons. The molecule has 20 heavy (non-hydrogen) atoms. The smallest absolute Gasteiger partial charge is 0.238 e. The van der Waals surface area contributed by atoms with Gasteiger partial charge in [-0.15, -0.1) is 0 Å². The van der Waals surface area contributed by atoms with Gasteiger partial charge in [-0.1, -0.05) is 6.07 Å². The van der Waals surface area contributed by atoms with Crippen LogP contribution in [0.3, 0.4) is 0 Å². The summed E-state index contributed by atoms with van der Waals surface area (Å²) in [5, 5.41) is 2.81. The highest BCUT2D eigenvalue weighted by molar-refractivity contribution is 5.92. The number of carbonyl (C=O) groups is 2. The molecule has 0 radical (unpaired) electrons. The summed E-state index contributed by atoms with van der Waals surface area (Å²) in [5.41, 5.74) is 12.3. The number of nitrogens with zero attached hydrogens (tertiary/aromatic N) is 1. The van der Waals surface area contributed by atoms with Crippen LogP contribution in [0.2, 0.25) is 0 Å². The standard InChI is InChI=1S/C14H20N4O2/c15-11-2-1-3-12(8-11)17-13(19)9-18-6-4-10(5-7-18)14(16)20/h1-3,8,10H,4-7,9,15H2,(H2,16,20)(H,17,19). The Morgan fingerprint density at radius 1 is 1.30 bits per heavy atom. The van der Waals surface area contributed by atoms with Gasteiger partial charge in [0.1, 0.15) is 0 Å². The number of carbonyl (C=O) groups excluding carboxylic acids is 2. The Balaban J connectivity index is 1.80. The maximum atomic E-state index is 11.9. The molecule has 0 spiro atoms. The van der Waals surface area contributed by atoms with Gasteiger partial charge >= 0.3 is 0 Å². The first-order chi connectivity index (χ1) is 9.54. The Morgan fingerprint density at radius 2 is 2.00 bits per heavy atom. The summed E-state index contributed by atoms with van der Waals surface area (Å²) >= 11 is 0. The predicted octanol–water partition coefficient (Wildman–Crippen LogP) is 0.405. The molecule has 5 N–H and O–H groups in total. The van der Waals surface area contributed by atoms with Crippen LogP contribution in [-0.4, -0.2) is 36.3 Å². The fraction of sp³-hybridized carbons (Fsp3) is 0.429. The summed E-state index contributed by atoms with van der Waals surface area (Å²) in [6.07, 6.45) is 1.45. The summed E-state index contributed by atoms with van der Waals surface area (Å²) in [6.45, 7) is 1.76. The SMILES string of the molecule is NC(=O)C1CCN(CC(=O)Nc2cccc(N)c2)CC1. The van der Waals surface area contributed by atoms with E-state index in [1.807, 2.05) is 4.90 Å². The third-order valence-electron chi connectivity index (χ3n) is 3.53. The molecule has 1 heterocycles. The minimum absolute atomic E-state index is 0.0526. The molecular formula is C14H20N4O2. The average molecular weight is 276 g/mol. The lowest BCUT2D eigenvalue weighted by Gasteiger charge is -2.29. The Kier molecular flexibility index (Phi) is 4.57. The number of anilines is 2. The lowest BCUT2D eigenvalue weighted by molar-refractivity contribution is -0.123. The lowest BCUT2D eigenvalue weighted by atomic mass is 9.96. The largest absolute Gasteiger partial charge is 0.399 e. The number of likely N-dealkylation sites (tertiary alicyclic amines) is 1. The second-order valence-corrected chi connectivity index (χ2v) is 5.13. The van der Waals surface area contributed by atoms with Crippen molar-refractivity contribution in [2.75, 3.05) is 30.7 Å². The van der Waals surface area contributed by atoms with Gasteiger partial charge in [0.2, 0.25) is 11.8 Å². The molecule has 0 bridgehead atoms. The topological polar surface area (TPSA) is 101 Å². The maximum absolute atomic E-state index is 11.9. The van der Waals surface area contributed by atoms with E-state index in [2.05, 4.69) is 5.32 Å². The molecule has 1 aliphatic rings. The summed E-state index contributed by atoms with van der Waals surface area (Å²) in [4.78, 5) is 25.0. The van der Waals surface area contributed by atoms with Gasteiger partial charge in [-0.2, -0.15) is 0 Å². The number of nitrogens with two attached hydrogens (primary N) is 2. The number of primary amides is 1. The normalized spacial score (nSPS) is 16.8. The minimum Gasteiger partial charge on any atom is -0.399 e. The molecule has 0 aromatic heterocycles. The molecule has 0 aliphatic carbocycles.